The molecule has 0 bridgehead atoms. The van der Waals surface area contributed by atoms with Crippen molar-refractivity contribution in [1.82, 2.24) is 0 Å². The maximum atomic E-state index is 2.48. The third-order valence-corrected chi connectivity index (χ3v) is 5.78. The minimum Gasteiger partial charge on any atom is -0.0764 e. The van der Waals surface area contributed by atoms with Crippen molar-refractivity contribution in [2.75, 3.05) is 0 Å². The highest BCUT2D eigenvalue weighted by Crippen LogP contribution is 2.39. The zero-order valence-corrected chi connectivity index (χ0v) is 17.9. The first kappa shape index (κ1) is 19.5. The van der Waals surface area contributed by atoms with Crippen LogP contribution in [0.15, 0.2) is 90.5 Å². The molecule has 0 amide bonds. The Kier molecular flexibility index (Phi) is 5.53. The summed E-state index contributed by atoms with van der Waals surface area (Å²) in [6, 6.07) is 24.8. The number of rotatable bonds is 5. The second-order valence-electron chi connectivity index (χ2n) is 8.66. The van der Waals surface area contributed by atoms with Crippen molar-refractivity contribution in [2.24, 2.45) is 5.92 Å². The summed E-state index contributed by atoms with van der Waals surface area (Å²) in [5, 5.41) is 0. The third kappa shape index (κ3) is 4.59. The van der Waals surface area contributed by atoms with Crippen LogP contribution in [-0.2, 0) is 6.42 Å². The molecule has 3 aromatic rings. The van der Waals surface area contributed by atoms with E-state index in [0.29, 0.717) is 11.8 Å². The molecule has 0 N–H and O–H groups in total. The van der Waals surface area contributed by atoms with E-state index in [0.717, 1.165) is 6.42 Å². The number of hydrogen-bond acceptors (Lipinski definition) is 0. The average Bonchev–Trinajstić information content (AvgIpc) is 3.09. The maximum Gasteiger partial charge on any atom is 0.0187 e. The Hall–Kier alpha value is -2.86. The number of hydrogen-bond donors (Lipinski definition) is 0. The van der Waals surface area contributed by atoms with Gasteiger partial charge in [0.15, 0.2) is 0 Å². The Labute approximate surface area is 175 Å². The van der Waals surface area contributed by atoms with Gasteiger partial charge >= 0.3 is 0 Å². The maximum absolute atomic E-state index is 2.48. The largest absolute Gasteiger partial charge is 0.0764 e. The van der Waals surface area contributed by atoms with Gasteiger partial charge in [0.05, 0.1) is 0 Å². The molecule has 1 aliphatic carbocycles. The molecule has 0 spiro atoms. The van der Waals surface area contributed by atoms with Crippen LogP contribution in [0.25, 0.3) is 0 Å². The van der Waals surface area contributed by atoms with Gasteiger partial charge in [0.2, 0.25) is 0 Å². The Morgan fingerprint density at radius 3 is 1.72 bits per heavy atom. The molecule has 29 heavy (non-hydrogen) atoms. The monoisotopic (exact) mass is 378 g/mol. The van der Waals surface area contributed by atoms with Crippen LogP contribution in [0.2, 0.25) is 0 Å². The Bertz CT molecular complexity index is 974. The summed E-state index contributed by atoms with van der Waals surface area (Å²) in [6.45, 7) is 8.82. The molecule has 4 rings (SSSR count). The van der Waals surface area contributed by atoms with Gasteiger partial charge in [0.25, 0.3) is 0 Å². The van der Waals surface area contributed by atoms with Crippen LogP contribution in [0.5, 0.6) is 0 Å². The number of allylic oxidation sites excluding steroid dienone is 4. The van der Waals surface area contributed by atoms with Crippen molar-refractivity contribution in [3.8, 4) is 0 Å². The van der Waals surface area contributed by atoms with Crippen LogP contribution in [-0.4, -0.2) is 0 Å². The predicted molar refractivity (Wildman–Crippen MR) is 125 cm³/mol. The quantitative estimate of drug-likeness (QED) is 0.434. The number of benzene rings is 3. The smallest absolute Gasteiger partial charge is 0.0187 e. The minimum absolute atomic E-state index is 0.344. The van der Waals surface area contributed by atoms with Crippen molar-refractivity contribution in [2.45, 2.75) is 40.0 Å². The SMILES string of the molecule is Cc1cc(C)cc(C(c2cc(C)cc(C)c2)C2C=CC(Cc3ccccc3)=C2)c1. The fraction of sp³-hybridized carbons (Fsp3) is 0.241. The lowest BCUT2D eigenvalue weighted by atomic mass is 9.79. The highest BCUT2D eigenvalue weighted by molar-refractivity contribution is 5.45. The molecule has 1 unspecified atom stereocenters. The minimum atomic E-state index is 0.344. The van der Waals surface area contributed by atoms with Crippen molar-refractivity contribution in [1.29, 1.82) is 0 Å². The zero-order chi connectivity index (χ0) is 20.4. The summed E-state index contributed by atoms with van der Waals surface area (Å²) in [5.74, 6) is 0.729. The second-order valence-corrected chi connectivity index (χ2v) is 8.66. The van der Waals surface area contributed by atoms with E-state index in [4.69, 9.17) is 0 Å². The van der Waals surface area contributed by atoms with E-state index in [1.165, 1.54) is 44.5 Å². The molecule has 0 heteroatoms. The predicted octanol–water partition coefficient (Wildman–Crippen LogP) is 7.41. The lowest BCUT2D eigenvalue weighted by molar-refractivity contribution is 0.688. The molecule has 0 nitrogen and oxygen atoms in total. The summed E-state index contributed by atoms with van der Waals surface area (Å²) < 4.78 is 0. The summed E-state index contributed by atoms with van der Waals surface area (Å²) in [4.78, 5) is 0. The van der Waals surface area contributed by atoms with Crippen LogP contribution in [0.3, 0.4) is 0 Å². The standard InChI is InChI=1S/C29H30/c1-20-12-21(2)15-27(14-20)29(28-16-22(3)13-23(4)17-28)26-11-10-25(19-26)18-24-8-6-5-7-9-24/h5-17,19,26,29H,18H2,1-4H3. The highest BCUT2D eigenvalue weighted by atomic mass is 14.3. The summed E-state index contributed by atoms with van der Waals surface area (Å²) >= 11 is 0. The summed E-state index contributed by atoms with van der Waals surface area (Å²) in [7, 11) is 0. The highest BCUT2D eigenvalue weighted by Gasteiger charge is 2.25. The van der Waals surface area contributed by atoms with E-state index in [-0.39, 0.29) is 0 Å². The summed E-state index contributed by atoms with van der Waals surface area (Å²) in [6.07, 6.45) is 8.21. The molecular formula is C29H30. The molecule has 1 aliphatic rings. The van der Waals surface area contributed by atoms with Crippen LogP contribution in [0.4, 0.5) is 0 Å². The van der Waals surface area contributed by atoms with Gasteiger partial charge in [0, 0.05) is 11.8 Å². The number of aryl methyl sites for hydroxylation is 4. The topological polar surface area (TPSA) is 0 Å². The van der Waals surface area contributed by atoms with Crippen LogP contribution >= 0.6 is 0 Å². The Balaban J connectivity index is 1.74. The van der Waals surface area contributed by atoms with E-state index < -0.39 is 0 Å². The van der Waals surface area contributed by atoms with Gasteiger partial charge in [-0.15, -0.1) is 0 Å². The van der Waals surface area contributed by atoms with E-state index >= 15 is 0 Å². The first-order valence-electron chi connectivity index (χ1n) is 10.6. The summed E-state index contributed by atoms with van der Waals surface area (Å²) in [5.41, 5.74) is 11.0. The van der Waals surface area contributed by atoms with Gasteiger partial charge in [-0.3, -0.25) is 0 Å². The van der Waals surface area contributed by atoms with Crippen molar-refractivity contribution >= 4 is 0 Å². The van der Waals surface area contributed by atoms with Crippen molar-refractivity contribution < 1.29 is 0 Å². The lowest BCUT2D eigenvalue weighted by Crippen LogP contribution is -2.11. The van der Waals surface area contributed by atoms with Crippen LogP contribution in [0, 0.1) is 33.6 Å². The third-order valence-electron chi connectivity index (χ3n) is 5.78. The molecule has 0 radical (unpaired) electrons. The second kappa shape index (κ2) is 8.25. The first-order chi connectivity index (χ1) is 14.0. The molecule has 0 fully saturated rings. The molecule has 3 aromatic carbocycles. The lowest BCUT2D eigenvalue weighted by Gasteiger charge is -2.24. The van der Waals surface area contributed by atoms with Gasteiger partial charge in [-0.2, -0.15) is 0 Å². The molecular weight excluding hydrogens is 348 g/mol. The van der Waals surface area contributed by atoms with Gasteiger partial charge < -0.3 is 0 Å². The van der Waals surface area contributed by atoms with Gasteiger partial charge in [0.1, 0.15) is 0 Å². The van der Waals surface area contributed by atoms with Crippen LogP contribution in [0.1, 0.15) is 44.9 Å². The van der Waals surface area contributed by atoms with Gasteiger partial charge in [-0.1, -0.05) is 107 Å². The van der Waals surface area contributed by atoms with Gasteiger partial charge in [-0.05, 0) is 56.4 Å². The van der Waals surface area contributed by atoms with E-state index in [2.05, 4.69) is 113 Å². The normalized spacial score (nSPS) is 15.8. The molecule has 1 atom stereocenters. The molecule has 146 valence electrons. The van der Waals surface area contributed by atoms with Crippen LogP contribution < -0.4 is 0 Å². The molecule has 0 saturated heterocycles. The molecule has 0 aromatic heterocycles. The Morgan fingerprint density at radius 1 is 0.690 bits per heavy atom. The molecule has 0 aliphatic heterocycles. The first-order valence-corrected chi connectivity index (χ1v) is 10.6. The van der Waals surface area contributed by atoms with E-state index in [1.807, 2.05) is 0 Å². The average molecular weight is 379 g/mol. The van der Waals surface area contributed by atoms with Crippen molar-refractivity contribution in [3.05, 3.63) is 129 Å². The van der Waals surface area contributed by atoms with E-state index in [1.54, 1.807) is 0 Å². The zero-order valence-electron chi connectivity index (χ0n) is 17.9. The van der Waals surface area contributed by atoms with Crippen molar-refractivity contribution in [3.63, 3.8) is 0 Å². The van der Waals surface area contributed by atoms with E-state index in [9.17, 15) is 0 Å². The molecule has 0 heterocycles. The fourth-order valence-electron chi connectivity index (χ4n) is 4.77. The fourth-order valence-corrected chi connectivity index (χ4v) is 4.77. The van der Waals surface area contributed by atoms with Gasteiger partial charge in [-0.25, -0.2) is 0 Å². The Morgan fingerprint density at radius 2 is 1.21 bits per heavy atom. The molecule has 0 saturated carbocycles.